The molecule has 0 heterocycles. The zero-order valence-electron chi connectivity index (χ0n) is 10.7. The minimum absolute atomic E-state index is 0.378. The van der Waals surface area contributed by atoms with E-state index >= 15 is 0 Å². The van der Waals surface area contributed by atoms with Crippen LogP contribution in [-0.4, -0.2) is 24.3 Å². The second kappa shape index (κ2) is 5.67. The molecule has 1 saturated carbocycles. The van der Waals surface area contributed by atoms with Crippen molar-refractivity contribution in [2.75, 3.05) is 7.11 Å². The predicted molar refractivity (Wildman–Crippen MR) is 63.0 cm³/mol. The maximum atomic E-state index is 11.4. The van der Waals surface area contributed by atoms with Gasteiger partial charge in [-0.3, -0.25) is 0 Å². The van der Waals surface area contributed by atoms with Gasteiger partial charge in [0.1, 0.15) is 0 Å². The Bertz CT molecular complexity index is 227. The SMILES string of the molecule is COC(=O)C(O)C(C)(C)C1CCCCCC1. The molecule has 0 radical (unpaired) electrons. The van der Waals surface area contributed by atoms with Gasteiger partial charge in [0.05, 0.1) is 7.11 Å². The second-order valence-corrected chi connectivity index (χ2v) is 5.44. The van der Waals surface area contributed by atoms with Gasteiger partial charge in [0.25, 0.3) is 0 Å². The Balaban J connectivity index is 2.69. The van der Waals surface area contributed by atoms with E-state index in [4.69, 9.17) is 0 Å². The van der Waals surface area contributed by atoms with Crippen LogP contribution in [0.2, 0.25) is 0 Å². The molecule has 16 heavy (non-hydrogen) atoms. The molecule has 0 aliphatic heterocycles. The molecule has 1 rings (SSSR count). The molecule has 1 atom stereocenters. The Morgan fingerprint density at radius 3 is 2.19 bits per heavy atom. The lowest BCUT2D eigenvalue weighted by Crippen LogP contribution is -2.42. The molecule has 1 N–H and O–H groups in total. The molecule has 0 aromatic heterocycles. The van der Waals surface area contributed by atoms with Gasteiger partial charge < -0.3 is 9.84 Å². The minimum Gasteiger partial charge on any atom is -0.467 e. The van der Waals surface area contributed by atoms with Crippen LogP contribution in [-0.2, 0) is 9.53 Å². The van der Waals surface area contributed by atoms with Crippen molar-refractivity contribution in [1.29, 1.82) is 0 Å². The van der Waals surface area contributed by atoms with Gasteiger partial charge in [-0.05, 0) is 18.8 Å². The van der Waals surface area contributed by atoms with Crippen LogP contribution in [0.4, 0.5) is 0 Å². The first-order valence-electron chi connectivity index (χ1n) is 6.26. The van der Waals surface area contributed by atoms with Crippen molar-refractivity contribution in [2.24, 2.45) is 11.3 Å². The number of rotatable bonds is 3. The highest BCUT2D eigenvalue weighted by molar-refractivity contribution is 5.75. The Morgan fingerprint density at radius 2 is 1.75 bits per heavy atom. The summed E-state index contributed by atoms with van der Waals surface area (Å²) >= 11 is 0. The van der Waals surface area contributed by atoms with Crippen LogP contribution < -0.4 is 0 Å². The summed E-state index contributed by atoms with van der Waals surface area (Å²) in [5, 5.41) is 10.0. The summed E-state index contributed by atoms with van der Waals surface area (Å²) in [4.78, 5) is 11.4. The largest absolute Gasteiger partial charge is 0.467 e. The fraction of sp³-hybridized carbons (Fsp3) is 0.923. The molecule has 0 aromatic carbocycles. The topological polar surface area (TPSA) is 46.5 Å². The van der Waals surface area contributed by atoms with E-state index in [2.05, 4.69) is 4.74 Å². The minimum atomic E-state index is -0.999. The third-order valence-electron chi connectivity index (χ3n) is 4.04. The van der Waals surface area contributed by atoms with Gasteiger partial charge in [-0.15, -0.1) is 0 Å². The van der Waals surface area contributed by atoms with E-state index in [1.54, 1.807) is 0 Å². The smallest absolute Gasteiger partial charge is 0.335 e. The summed E-state index contributed by atoms with van der Waals surface area (Å²) in [6, 6.07) is 0. The standard InChI is InChI=1S/C13H24O3/c1-13(2,11(14)12(15)16-3)10-8-6-4-5-7-9-10/h10-11,14H,4-9H2,1-3H3. The van der Waals surface area contributed by atoms with E-state index in [0.29, 0.717) is 5.92 Å². The van der Waals surface area contributed by atoms with Crippen LogP contribution in [0.3, 0.4) is 0 Å². The summed E-state index contributed by atoms with van der Waals surface area (Å²) < 4.78 is 4.63. The quantitative estimate of drug-likeness (QED) is 0.596. The van der Waals surface area contributed by atoms with E-state index in [9.17, 15) is 9.90 Å². The van der Waals surface area contributed by atoms with Gasteiger partial charge >= 0.3 is 5.97 Å². The first-order chi connectivity index (χ1) is 7.50. The molecule has 3 nitrogen and oxygen atoms in total. The van der Waals surface area contributed by atoms with Gasteiger partial charge in [0, 0.05) is 5.41 Å². The Morgan fingerprint density at radius 1 is 1.25 bits per heavy atom. The monoisotopic (exact) mass is 228 g/mol. The van der Waals surface area contributed by atoms with E-state index in [1.807, 2.05) is 13.8 Å². The molecule has 0 bridgehead atoms. The van der Waals surface area contributed by atoms with Crippen molar-refractivity contribution in [3.63, 3.8) is 0 Å². The van der Waals surface area contributed by atoms with Crippen LogP contribution in [0.5, 0.6) is 0 Å². The highest BCUT2D eigenvalue weighted by atomic mass is 16.5. The van der Waals surface area contributed by atoms with Crippen LogP contribution in [0.15, 0.2) is 0 Å². The number of carbonyl (C=O) groups excluding carboxylic acids is 1. The van der Waals surface area contributed by atoms with Crippen molar-refractivity contribution < 1.29 is 14.6 Å². The van der Waals surface area contributed by atoms with Gasteiger partial charge in [-0.1, -0.05) is 39.5 Å². The van der Waals surface area contributed by atoms with Crippen molar-refractivity contribution in [3.8, 4) is 0 Å². The summed E-state index contributed by atoms with van der Waals surface area (Å²) in [7, 11) is 1.33. The van der Waals surface area contributed by atoms with E-state index < -0.39 is 12.1 Å². The molecule has 94 valence electrons. The number of hydrogen-bond donors (Lipinski definition) is 1. The van der Waals surface area contributed by atoms with Crippen molar-refractivity contribution in [2.45, 2.75) is 58.5 Å². The molecule has 1 fully saturated rings. The Hall–Kier alpha value is -0.570. The highest BCUT2D eigenvalue weighted by Gasteiger charge is 2.40. The van der Waals surface area contributed by atoms with Crippen LogP contribution >= 0.6 is 0 Å². The predicted octanol–water partition coefficient (Wildman–Crippen LogP) is 2.52. The Labute approximate surface area is 98.2 Å². The number of hydrogen-bond acceptors (Lipinski definition) is 3. The molecule has 0 aromatic rings. The molecular weight excluding hydrogens is 204 g/mol. The maximum Gasteiger partial charge on any atom is 0.335 e. The lowest BCUT2D eigenvalue weighted by Gasteiger charge is -2.36. The zero-order valence-corrected chi connectivity index (χ0v) is 10.7. The second-order valence-electron chi connectivity index (χ2n) is 5.44. The number of esters is 1. The third kappa shape index (κ3) is 2.97. The van der Waals surface area contributed by atoms with Gasteiger partial charge in [0.2, 0.25) is 0 Å². The molecule has 1 aliphatic rings. The average Bonchev–Trinajstić information content (AvgIpc) is 2.55. The number of ether oxygens (including phenoxy) is 1. The molecule has 3 heteroatoms. The van der Waals surface area contributed by atoms with Crippen LogP contribution in [0.25, 0.3) is 0 Å². The number of carbonyl (C=O) groups is 1. The van der Waals surface area contributed by atoms with Crippen molar-refractivity contribution in [3.05, 3.63) is 0 Å². The fourth-order valence-corrected chi connectivity index (χ4v) is 2.66. The number of methoxy groups -OCH3 is 1. The molecule has 1 aliphatic carbocycles. The number of aliphatic hydroxyl groups excluding tert-OH is 1. The highest BCUT2D eigenvalue weighted by Crippen LogP contribution is 2.40. The van der Waals surface area contributed by atoms with Gasteiger partial charge in [-0.25, -0.2) is 4.79 Å². The van der Waals surface area contributed by atoms with Gasteiger partial charge in [-0.2, -0.15) is 0 Å². The first kappa shape index (κ1) is 13.5. The normalized spacial score (nSPS) is 21.2. The Kier molecular flexibility index (Phi) is 4.78. The molecule has 0 spiro atoms. The van der Waals surface area contributed by atoms with E-state index in [0.717, 1.165) is 12.8 Å². The summed E-state index contributed by atoms with van der Waals surface area (Å²) in [6.45, 7) is 3.95. The summed E-state index contributed by atoms with van der Waals surface area (Å²) in [5.41, 5.74) is -0.378. The first-order valence-corrected chi connectivity index (χ1v) is 6.26. The molecule has 0 amide bonds. The average molecular weight is 228 g/mol. The lowest BCUT2D eigenvalue weighted by molar-refractivity contribution is -0.159. The summed E-state index contributed by atoms with van der Waals surface area (Å²) in [5.74, 6) is -0.0849. The molecular formula is C13H24O3. The zero-order chi connectivity index (χ0) is 12.2. The van der Waals surface area contributed by atoms with Crippen molar-refractivity contribution >= 4 is 5.97 Å². The summed E-state index contributed by atoms with van der Waals surface area (Å²) in [6.07, 6.45) is 6.20. The molecule has 1 unspecified atom stereocenters. The van der Waals surface area contributed by atoms with Crippen LogP contribution in [0.1, 0.15) is 52.4 Å². The third-order valence-corrected chi connectivity index (χ3v) is 4.04. The maximum absolute atomic E-state index is 11.4. The van der Waals surface area contributed by atoms with E-state index in [1.165, 1.54) is 32.8 Å². The van der Waals surface area contributed by atoms with E-state index in [-0.39, 0.29) is 5.41 Å². The van der Waals surface area contributed by atoms with Gasteiger partial charge in [0.15, 0.2) is 6.10 Å². The fourth-order valence-electron chi connectivity index (χ4n) is 2.66. The van der Waals surface area contributed by atoms with Crippen LogP contribution in [0, 0.1) is 11.3 Å². The van der Waals surface area contributed by atoms with Crippen molar-refractivity contribution in [1.82, 2.24) is 0 Å². The lowest BCUT2D eigenvalue weighted by atomic mass is 9.71. The number of aliphatic hydroxyl groups is 1. The molecule has 0 saturated heterocycles.